The number of anilines is 1. The summed E-state index contributed by atoms with van der Waals surface area (Å²) in [5.41, 5.74) is 1.74. The van der Waals surface area contributed by atoms with E-state index in [0.717, 1.165) is 5.69 Å². The molecule has 10 heteroatoms. The van der Waals surface area contributed by atoms with Gasteiger partial charge >= 0.3 is 0 Å². The van der Waals surface area contributed by atoms with Gasteiger partial charge in [0.2, 0.25) is 6.41 Å². The number of ether oxygens (including phenoxy) is 2. The Morgan fingerprint density at radius 1 is 1.41 bits per heavy atom. The van der Waals surface area contributed by atoms with Crippen LogP contribution in [0.1, 0.15) is 34.5 Å². The third kappa shape index (κ3) is 5.95. The monoisotopic (exact) mass is 462 g/mol. The van der Waals surface area contributed by atoms with Crippen LogP contribution in [0, 0.1) is 12.7 Å². The summed E-state index contributed by atoms with van der Waals surface area (Å²) in [6.07, 6.45) is 6.74. The number of aryl methyl sites for hydroxylation is 2. The van der Waals surface area contributed by atoms with Gasteiger partial charge in [0, 0.05) is 43.5 Å². The first-order valence-electron chi connectivity index (χ1n) is 10.00. The van der Waals surface area contributed by atoms with E-state index in [9.17, 15) is 14.0 Å². The van der Waals surface area contributed by atoms with Gasteiger partial charge in [-0.05, 0) is 25.1 Å². The molecule has 1 aliphatic rings. The molecule has 1 aromatic carbocycles. The number of hydrogen-bond acceptors (Lipinski definition) is 5. The maximum atomic E-state index is 14.8. The lowest BCUT2D eigenvalue weighted by atomic mass is 10.0. The van der Waals surface area contributed by atoms with E-state index in [4.69, 9.17) is 21.1 Å². The van der Waals surface area contributed by atoms with Gasteiger partial charge in [0.1, 0.15) is 6.10 Å². The molecule has 1 saturated heterocycles. The predicted octanol–water partition coefficient (Wildman–Crippen LogP) is 3.89. The minimum atomic E-state index is -0.715. The van der Waals surface area contributed by atoms with Crippen molar-refractivity contribution in [3.63, 3.8) is 0 Å². The number of amides is 1. The van der Waals surface area contributed by atoms with Crippen molar-refractivity contribution in [1.29, 1.82) is 0 Å². The highest BCUT2D eigenvalue weighted by Gasteiger charge is 2.24. The van der Waals surface area contributed by atoms with Gasteiger partial charge in [-0.2, -0.15) is 5.10 Å². The molecule has 8 nitrogen and oxygen atoms in total. The van der Waals surface area contributed by atoms with Crippen molar-refractivity contribution >= 4 is 29.5 Å². The number of benzene rings is 1. The van der Waals surface area contributed by atoms with Gasteiger partial charge in [-0.15, -0.1) is 0 Å². The number of aromatic amines is 1. The molecule has 2 N–H and O–H groups in total. The number of nitrogens with zero attached hydrogens (tertiary/aromatic N) is 2. The summed E-state index contributed by atoms with van der Waals surface area (Å²) in [4.78, 5) is 25.3. The summed E-state index contributed by atoms with van der Waals surface area (Å²) in [6.45, 7) is 3.00. The Morgan fingerprint density at radius 3 is 2.75 bits per heavy atom. The van der Waals surface area contributed by atoms with Crippen LogP contribution in [-0.4, -0.2) is 46.3 Å². The van der Waals surface area contributed by atoms with Crippen molar-refractivity contribution in [2.24, 2.45) is 7.05 Å². The number of ketones is 1. The zero-order valence-corrected chi connectivity index (χ0v) is 18.5. The molecule has 3 aromatic rings. The van der Waals surface area contributed by atoms with Crippen molar-refractivity contribution < 1.29 is 23.5 Å². The lowest BCUT2D eigenvalue weighted by molar-refractivity contribution is -0.105. The van der Waals surface area contributed by atoms with E-state index in [1.165, 1.54) is 12.1 Å². The number of H-pyrrole nitrogens is 1. The molecule has 0 bridgehead atoms. The van der Waals surface area contributed by atoms with Crippen LogP contribution in [0.25, 0.3) is 0 Å². The molecule has 2 aromatic heterocycles. The van der Waals surface area contributed by atoms with Gasteiger partial charge in [-0.1, -0.05) is 11.6 Å². The van der Waals surface area contributed by atoms with E-state index in [0.29, 0.717) is 43.7 Å². The highest BCUT2D eigenvalue weighted by molar-refractivity contribution is 6.35. The molecule has 0 atom stereocenters. The lowest BCUT2D eigenvalue weighted by Gasteiger charge is -2.24. The normalized spacial score (nSPS) is 13.8. The summed E-state index contributed by atoms with van der Waals surface area (Å²) >= 11 is 6.05. The van der Waals surface area contributed by atoms with E-state index in [2.05, 4.69) is 15.4 Å². The van der Waals surface area contributed by atoms with Crippen molar-refractivity contribution in [1.82, 2.24) is 14.8 Å². The van der Waals surface area contributed by atoms with Crippen molar-refractivity contribution in [2.75, 3.05) is 18.5 Å². The second-order valence-corrected chi connectivity index (χ2v) is 7.64. The van der Waals surface area contributed by atoms with E-state index in [-0.39, 0.29) is 22.4 Å². The number of aromatic nitrogens is 3. The molecule has 0 radical (unpaired) electrons. The molecule has 32 heavy (non-hydrogen) atoms. The first kappa shape index (κ1) is 23.5. The van der Waals surface area contributed by atoms with Crippen molar-refractivity contribution in [3.05, 3.63) is 64.5 Å². The summed E-state index contributed by atoms with van der Waals surface area (Å²) in [5, 5.41) is 6.37. The number of halogens is 2. The third-order valence-corrected chi connectivity index (χ3v) is 5.08. The molecule has 170 valence electrons. The maximum absolute atomic E-state index is 14.8. The van der Waals surface area contributed by atoms with Gasteiger partial charge in [0.15, 0.2) is 17.3 Å². The average molecular weight is 463 g/mol. The standard InChI is InChI=1S/C17H17ClFNO3.C5H7N3O/c1-10-8-11(9-20-10)17(21)15-13(18)2-3-14(16(15)19)23-12-4-6-22-7-5-12;1-8-3-5(2-7-8)6-4-9/h2-3,8-9,12,20H,4-7H2,1H3;2-4H,1H3,(H,6,9). The Labute approximate surface area is 189 Å². The van der Waals surface area contributed by atoms with Crippen LogP contribution < -0.4 is 10.1 Å². The van der Waals surface area contributed by atoms with E-state index in [1.807, 2.05) is 6.92 Å². The summed E-state index contributed by atoms with van der Waals surface area (Å²) in [7, 11) is 1.79. The number of nitrogens with one attached hydrogen (secondary N) is 2. The molecule has 3 heterocycles. The van der Waals surface area contributed by atoms with E-state index < -0.39 is 11.6 Å². The number of carbonyl (C=O) groups is 2. The first-order chi connectivity index (χ1) is 15.4. The number of rotatable bonds is 6. The fourth-order valence-corrected chi connectivity index (χ4v) is 3.39. The van der Waals surface area contributed by atoms with Crippen molar-refractivity contribution in [3.8, 4) is 5.75 Å². The van der Waals surface area contributed by atoms with Crippen LogP contribution in [0.15, 0.2) is 36.8 Å². The fourth-order valence-electron chi connectivity index (χ4n) is 3.15. The minimum absolute atomic E-state index is 0.0527. The van der Waals surface area contributed by atoms with Crippen LogP contribution in [0.5, 0.6) is 5.75 Å². The van der Waals surface area contributed by atoms with Gasteiger partial charge in [0.25, 0.3) is 0 Å². The molecule has 0 saturated carbocycles. The van der Waals surface area contributed by atoms with Crippen LogP contribution in [-0.2, 0) is 16.6 Å². The SMILES string of the molecule is Cc1cc(C(=O)c2c(Cl)ccc(OC3CCOCC3)c2F)c[nH]1.Cn1cc(NC=O)cn1. The summed E-state index contributed by atoms with van der Waals surface area (Å²) in [6, 6.07) is 4.61. The largest absolute Gasteiger partial charge is 0.487 e. The number of carbonyl (C=O) groups excluding carboxylic acids is 2. The molecule has 1 aliphatic heterocycles. The maximum Gasteiger partial charge on any atom is 0.211 e. The molecule has 1 amide bonds. The van der Waals surface area contributed by atoms with Crippen molar-refractivity contribution in [2.45, 2.75) is 25.9 Å². The predicted molar refractivity (Wildman–Crippen MR) is 118 cm³/mol. The van der Waals surface area contributed by atoms with Gasteiger partial charge in [0.05, 0.1) is 35.7 Å². The van der Waals surface area contributed by atoms with E-state index in [1.54, 1.807) is 36.4 Å². The fraction of sp³-hybridized carbons (Fsp3) is 0.318. The Kier molecular flexibility index (Phi) is 8.02. The Balaban J connectivity index is 0.000000269. The van der Waals surface area contributed by atoms with Gasteiger partial charge < -0.3 is 19.8 Å². The molecule has 0 aliphatic carbocycles. The molecule has 0 spiro atoms. The quantitative estimate of drug-likeness (QED) is 0.427. The molecule has 4 rings (SSSR count). The zero-order valence-electron chi connectivity index (χ0n) is 17.7. The summed E-state index contributed by atoms with van der Waals surface area (Å²) < 4.78 is 27.3. The highest BCUT2D eigenvalue weighted by Crippen LogP contribution is 2.31. The van der Waals surface area contributed by atoms with Crippen LogP contribution in [0.4, 0.5) is 10.1 Å². The molecule has 1 fully saturated rings. The first-order valence-corrected chi connectivity index (χ1v) is 10.4. The third-order valence-electron chi connectivity index (χ3n) is 4.76. The number of hydrogen-bond donors (Lipinski definition) is 2. The molecular formula is C22H24ClFN4O4. The van der Waals surface area contributed by atoms with Crippen LogP contribution >= 0.6 is 11.6 Å². The van der Waals surface area contributed by atoms with Crippen LogP contribution in [0.3, 0.4) is 0 Å². The topological polar surface area (TPSA) is 98.2 Å². The average Bonchev–Trinajstić information content (AvgIpc) is 3.40. The Morgan fingerprint density at radius 2 is 2.16 bits per heavy atom. The highest BCUT2D eigenvalue weighted by atomic mass is 35.5. The minimum Gasteiger partial charge on any atom is -0.487 e. The lowest BCUT2D eigenvalue weighted by Crippen LogP contribution is -2.26. The zero-order chi connectivity index (χ0) is 23.1. The second kappa shape index (κ2) is 10.9. The summed E-state index contributed by atoms with van der Waals surface area (Å²) in [5.74, 6) is -1.13. The van der Waals surface area contributed by atoms with E-state index >= 15 is 0 Å². The Hall–Kier alpha value is -3.17. The van der Waals surface area contributed by atoms with Gasteiger partial charge in [-0.25, -0.2) is 4.39 Å². The molecular weight excluding hydrogens is 439 g/mol. The van der Waals surface area contributed by atoms with Crippen LogP contribution in [0.2, 0.25) is 5.02 Å². The smallest absolute Gasteiger partial charge is 0.211 e. The molecule has 0 unspecified atom stereocenters. The Bertz CT molecular complexity index is 1080. The van der Waals surface area contributed by atoms with Gasteiger partial charge in [-0.3, -0.25) is 14.3 Å². The second-order valence-electron chi connectivity index (χ2n) is 7.23.